The van der Waals surface area contributed by atoms with Crippen LogP contribution >= 0.6 is 0 Å². The van der Waals surface area contributed by atoms with Crippen molar-refractivity contribution in [2.75, 3.05) is 7.05 Å². The van der Waals surface area contributed by atoms with Crippen molar-refractivity contribution in [3.05, 3.63) is 0 Å². The lowest BCUT2D eigenvalue weighted by molar-refractivity contribution is 0.202. The second-order valence-corrected chi connectivity index (χ2v) is 9.88. The van der Waals surface area contributed by atoms with Crippen LogP contribution in [0.5, 0.6) is 0 Å². The Labute approximate surface area is 89.5 Å². The average molecular weight is 215 g/mol. The number of nitrogens with zero attached hydrogens (tertiary/aromatic N) is 1. The van der Waals surface area contributed by atoms with Crippen molar-refractivity contribution in [1.29, 1.82) is 0 Å². The van der Waals surface area contributed by atoms with E-state index in [1.165, 1.54) is 0 Å². The van der Waals surface area contributed by atoms with Crippen LogP contribution in [0.15, 0.2) is 4.99 Å². The molecule has 0 aliphatic heterocycles. The van der Waals surface area contributed by atoms with Crippen molar-refractivity contribution in [2.24, 2.45) is 4.99 Å². The van der Waals surface area contributed by atoms with Gasteiger partial charge in [0.05, 0.1) is 13.3 Å². The molecular weight excluding hydrogens is 190 g/mol. The molecule has 0 fully saturated rings. The number of hydrogen-bond donors (Lipinski definition) is 1. The predicted octanol–water partition coefficient (Wildman–Crippen LogP) is 2.88. The van der Waals surface area contributed by atoms with Crippen molar-refractivity contribution in [1.82, 2.24) is 0 Å². The van der Waals surface area contributed by atoms with Crippen LogP contribution in [0.25, 0.3) is 0 Å². The van der Waals surface area contributed by atoms with Crippen LogP contribution < -0.4 is 0 Å². The lowest BCUT2D eigenvalue weighted by Gasteiger charge is -2.42. The Morgan fingerprint density at radius 2 is 1.57 bits per heavy atom. The van der Waals surface area contributed by atoms with Crippen molar-refractivity contribution >= 4 is 13.8 Å². The summed E-state index contributed by atoms with van der Waals surface area (Å²) in [7, 11) is 0.163. The Balaban J connectivity index is 5.18. The first kappa shape index (κ1) is 13.8. The van der Waals surface area contributed by atoms with Crippen LogP contribution in [0, 0.1) is 0 Å². The highest BCUT2D eigenvalue weighted by Crippen LogP contribution is 2.33. The number of aliphatic imine (C=N–C) groups is 1. The Kier molecular flexibility index (Phi) is 5.02. The van der Waals surface area contributed by atoms with E-state index in [4.69, 9.17) is 0 Å². The third kappa shape index (κ3) is 2.09. The molecule has 0 aliphatic rings. The Hall–Kier alpha value is -0.153. The van der Waals surface area contributed by atoms with Gasteiger partial charge in [-0.05, 0) is 13.8 Å². The smallest absolute Gasteiger partial charge is 0.0973 e. The zero-order chi connectivity index (χ0) is 11.4. The van der Waals surface area contributed by atoms with Gasteiger partial charge in [0.15, 0.2) is 0 Å². The molecule has 0 heterocycles. The van der Waals surface area contributed by atoms with Crippen molar-refractivity contribution < 1.29 is 5.11 Å². The summed E-state index contributed by atoms with van der Waals surface area (Å²) in [5.74, 6) is 0. The van der Waals surface area contributed by atoms with Gasteiger partial charge in [-0.2, -0.15) is 0 Å². The Morgan fingerprint density at radius 3 is 1.79 bits per heavy atom. The quantitative estimate of drug-likeness (QED) is 0.555. The summed E-state index contributed by atoms with van der Waals surface area (Å²) < 4.78 is 0. The van der Waals surface area contributed by atoms with Crippen molar-refractivity contribution in [3.8, 4) is 0 Å². The van der Waals surface area contributed by atoms with E-state index < -0.39 is 13.3 Å². The second-order valence-electron chi connectivity index (χ2n) is 4.22. The fraction of sp³-hybridized carbons (Fsp3) is 0.909. The van der Waals surface area contributed by atoms with Gasteiger partial charge in [0.2, 0.25) is 0 Å². The van der Waals surface area contributed by atoms with Crippen molar-refractivity contribution in [3.63, 3.8) is 0 Å². The Bertz CT molecular complexity index is 199. The lowest BCUT2D eigenvalue weighted by atomic mass is 10.2. The largest absolute Gasteiger partial charge is 0.388 e. The third-order valence-corrected chi connectivity index (χ3v) is 10.6. The standard InChI is InChI=1S/C11H25NOSi/c1-7-14(8-2,9-3)11(5,13)10(4)12-6/h13H,7-9H2,1-6H3. The van der Waals surface area contributed by atoms with Gasteiger partial charge in [0.1, 0.15) is 0 Å². The van der Waals surface area contributed by atoms with E-state index in [0.29, 0.717) is 0 Å². The molecule has 0 radical (unpaired) electrons. The summed E-state index contributed by atoms with van der Waals surface area (Å²) in [6, 6.07) is 3.37. The minimum atomic E-state index is -1.60. The maximum absolute atomic E-state index is 10.6. The second kappa shape index (κ2) is 5.08. The van der Waals surface area contributed by atoms with E-state index in [2.05, 4.69) is 25.8 Å². The molecule has 0 aromatic carbocycles. The van der Waals surface area contributed by atoms with E-state index >= 15 is 0 Å². The molecule has 0 spiro atoms. The molecule has 84 valence electrons. The van der Waals surface area contributed by atoms with Gasteiger partial charge < -0.3 is 5.11 Å². The molecule has 0 aliphatic carbocycles. The topological polar surface area (TPSA) is 32.6 Å². The summed E-state index contributed by atoms with van der Waals surface area (Å²) in [4.78, 5) is 4.17. The normalized spacial score (nSPS) is 18.1. The Morgan fingerprint density at radius 1 is 1.21 bits per heavy atom. The highest BCUT2D eigenvalue weighted by molar-refractivity contribution is 6.85. The van der Waals surface area contributed by atoms with E-state index in [-0.39, 0.29) is 0 Å². The number of rotatable bonds is 5. The summed E-state index contributed by atoms with van der Waals surface area (Å²) in [5.41, 5.74) is 0.898. The van der Waals surface area contributed by atoms with Crippen LogP contribution in [-0.2, 0) is 0 Å². The fourth-order valence-electron chi connectivity index (χ4n) is 2.38. The first-order valence-corrected chi connectivity index (χ1v) is 8.20. The fourth-order valence-corrected chi connectivity index (χ4v) is 6.83. The minimum Gasteiger partial charge on any atom is -0.388 e. The van der Waals surface area contributed by atoms with Crippen molar-refractivity contribution in [2.45, 2.75) is 58.0 Å². The third-order valence-electron chi connectivity index (χ3n) is 4.10. The zero-order valence-electron chi connectivity index (χ0n) is 10.5. The van der Waals surface area contributed by atoms with Crippen LogP contribution in [0.1, 0.15) is 34.6 Å². The molecule has 3 heteroatoms. The molecule has 0 rings (SSSR count). The minimum absolute atomic E-state index is 0.639. The van der Waals surface area contributed by atoms with Gasteiger partial charge in [0, 0.05) is 12.8 Å². The zero-order valence-corrected chi connectivity index (χ0v) is 11.5. The highest BCUT2D eigenvalue weighted by Gasteiger charge is 2.46. The van der Waals surface area contributed by atoms with E-state index in [1.54, 1.807) is 7.05 Å². The predicted molar refractivity (Wildman–Crippen MR) is 66.9 cm³/mol. The van der Waals surface area contributed by atoms with Gasteiger partial charge in [-0.25, -0.2) is 0 Å². The molecule has 0 saturated carbocycles. The highest BCUT2D eigenvalue weighted by atomic mass is 28.3. The molecule has 1 atom stereocenters. The number of hydrogen-bond acceptors (Lipinski definition) is 2. The average Bonchev–Trinajstić information content (AvgIpc) is 2.19. The maximum atomic E-state index is 10.6. The molecule has 2 nitrogen and oxygen atoms in total. The summed E-state index contributed by atoms with van der Waals surface area (Å²) in [5, 5.41) is 9.99. The molecule has 0 aromatic heterocycles. The van der Waals surface area contributed by atoms with Crippen LogP contribution in [-0.4, -0.2) is 31.2 Å². The van der Waals surface area contributed by atoms with Gasteiger partial charge >= 0.3 is 0 Å². The van der Waals surface area contributed by atoms with Gasteiger partial charge in [-0.15, -0.1) is 0 Å². The van der Waals surface area contributed by atoms with E-state index in [1.807, 2.05) is 13.8 Å². The summed E-state index contributed by atoms with van der Waals surface area (Å²) >= 11 is 0. The van der Waals surface area contributed by atoms with Gasteiger partial charge in [-0.1, -0.05) is 38.9 Å². The molecular formula is C11H25NOSi. The molecule has 1 unspecified atom stereocenters. The molecule has 0 saturated heterocycles. The van der Waals surface area contributed by atoms with Gasteiger partial charge in [0.25, 0.3) is 0 Å². The van der Waals surface area contributed by atoms with Crippen LogP contribution in [0.3, 0.4) is 0 Å². The molecule has 1 N–H and O–H groups in total. The molecule has 0 amide bonds. The SMILES string of the molecule is CC[Si](CC)(CC)C(C)(O)C(C)=NC. The lowest BCUT2D eigenvalue weighted by Crippen LogP contribution is -2.59. The summed E-state index contributed by atoms with van der Waals surface area (Å²) in [6.07, 6.45) is 0. The maximum Gasteiger partial charge on any atom is 0.0973 e. The first-order valence-electron chi connectivity index (χ1n) is 5.58. The number of aliphatic hydroxyl groups is 1. The molecule has 0 aromatic rings. The van der Waals surface area contributed by atoms with E-state index in [9.17, 15) is 5.11 Å². The monoisotopic (exact) mass is 215 g/mol. The first-order chi connectivity index (χ1) is 6.41. The summed E-state index contributed by atoms with van der Waals surface area (Å²) in [6.45, 7) is 10.5. The molecule has 14 heavy (non-hydrogen) atoms. The van der Waals surface area contributed by atoms with Gasteiger partial charge in [-0.3, -0.25) is 4.99 Å². The van der Waals surface area contributed by atoms with Crippen LogP contribution in [0.4, 0.5) is 0 Å². The van der Waals surface area contributed by atoms with E-state index in [0.717, 1.165) is 23.8 Å². The van der Waals surface area contributed by atoms with Crippen LogP contribution in [0.2, 0.25) is 18.1 Å². The molecule has 0 bridgehead atoms.